The van der Waals surface area contributed by atoms with Crippen LogP contribution in [0.3, 0.4) is 0 Å². The van der Waals surface area contributed by atoms with Crippen molar-refractivity contribution in [1.29, 1.82) is 0 Å². The molecule has 0 spiro atoms. The van der Waals surface area contributed by atoms with Gasteiger partial charge in [0.2, 0.25) is 5.95 Å². The zero-order valence-electron chi connectivity index (χ0n) is 12.7. The van der Waals surface area contributed by atoms with E-state index >= 15 is 0 Å². The Bertz CT molecular complexity index is 430. The van der Waals surface area contributed by atoms with Gasteiger partial charge in [0.05, 0.1) is 0 Å². The van der Waals surface area contributed by atoms with Crippen LogP contribution in [0.25, 0.3) is 0 Å². The number of carbonyl (C=O) groups is 1. The fraction of sp³-hybridized carbons (Fsp3) is 0.643. The number of carbonyl (C=O) groups excluding carboxylic acids is 1. The number of nitrogens with zero attached hydrogens (tertiary/aromatic N) is 4. The predicted octanol–water partition coefficient (Wildman–Crippen LogP) is 0.624. The molecule has 2 rings (SSSR count). The van der Waals surface area contributed by atoms with E-state index in [1.54, 1.807) is 18.5 Å². The number of amides is 2. The molecule has 2 N–H and O–H groups in total. The lowest BCUT2D eigenvalue weighted by atomic mass is 10.0. The number of urea groups is 1. The Morgan fingerprint density at radius 2 is 1.95 bits per heavy atom. The van der Waals surface area contributed by atoms with Gasteiger partial charge in [-0.1, -0.05) is 0 Å². The van der Waals surface area contributed by atoms with Gasteiger partial charge in [0.15, 0.2) is 0 Å². The highest BCUT2D eigenvalue weighted by Gasteiger charge is 2.23. The number of anilines is 1. The summed E-state index contributed by atoms with van der Waals surface area (Å²) in [6, 6.07) is 2.37. The summed E-state index contributed by atoms with van der Waals surface area (Å²) in [5.74, 6) is 0.582. The lowest BCUT2D eigenvalue weighted by Gasteiger charge is -2.35. The predicted molar refractivity (Wildman–Crippen MR) is 82.2 cm³/mol. The quantitative estimate of drug-likeness (QED) is 0.779. The first-order chi connectivity index (χ1) is 10.2. The second-order valence-electron chi connectivity index (χ2n) is 5.41. The minimum Gasteiger partial charge on any atom is -0.352 e. The third-order valence-electron chi connectivity index (χ3n) is 3.73. The Morgan fingerprint density at radius 3 is 2.57 bits per heavy atom. The molecule has 2 amide bonds. The van der Waals surface area contributed by atoms with Crippen LogP contribution in [-0.2, 0) is 0 Å². The van der Waals surface area contributed by atoms with Gasteiger partial charge in [0.25, 0.3) is 0 Å². The van der Waals surface area contributed by atoms with Crippen molar-refractivity contribution in [2.45, 2.75) is 18.9 Å². The molecule has 1 saturated heterocycles. The molecule has 0 aliphatic carbocycles. The van der Waals surface area contributed by atoms with Crippen molar-refractivity contribution in [3.8, 4) is 0 Å². The van der Waals surface area contributed by atoms with Crippen molar-refractivity contribution < 1.29 is 4.79 Å². The SMILES string of the molecule is CN(C)C1CCN(C(=O)NCCNc2ncccn2)CC1. The van der Waals surface area contributed by atoms with E-state index in [9.17, 15) is 4.79 Å². The van der Waals surface area contributed by atoms with Crippen molar-refractivity contribution in [2.24, 2.45) is 0 Å². The van der Waals surface area contributed by atoms with Gasteiger partial charge in [-0.05, 0) is 33.0 Å². The number of hydrogen-bond donors (Lipinski definition) is 2. The van der Waals surface area contributed by atoms with Crippen LogP contribution in [0.4, 0.5) is 10.7 Å². The van der Waals surface area contributed by atoms with Gasteiger partial charge in [-0.3, -0.25) is 0 Å². The summed E-state index contributed by atoms with van der Waals surface area (Å²) < 4.78 is 0. The van der Waals surface area contributed by atoms with Crippen molar-refractivity contribution >= 4 is 12.0 Å². The van der Waals surface area contributed by atoms with E-state index in [0.29, 0.717) is 25.1 Å². The van der Waals surface area contributed by atoms with Gasteiger partial charge in [-0.15, -0.1) is 0 Å². The normalized spacial score (nSPS) is 16.0. The molecule has 116 valence electrons. The van der Waals surface area contributed by atoms with Gasteiger partial charge in [-0.2, -0.15) is 0 Å². The van der Waals surface area contributed by atoms with Gasteiger partial charge < -0.3 is 20.4 Å². The summed E-state index contributed by atoms with van der Waals surface area (Å²) >= 11 is 0. The Labute approximate surface area is 125 Å². The summed E-state index contributed by atoms with van der Waals surface area (Å²) in [5.41, 5.74) is 0. The molecule has 0 bridgehead atoms. The molecule has 0 aromatic carbocycles. The number of nitrogens with one attached hydrogen (secondary N) is 2. The second kappa shape index (κ2) is 7.78. The van der Waals surface area contributed by atoms with E-state index in [0.717, 1.165) is 25.9 Å². The van der Waals surface area contributed by atoms with Gasteiger partial charge in [0.1, 0.15) is 0 Å². The lowest BCUT2D eigenvalue weighted by molar-refractivity contribution is 0.148. The number of rotatable bonds is 5. The molecule has 7 nitrogen and oxygen atoms in total. The Hall–Kier alpha value is -1.89. The molecule has 0 radical (unpaired) electrons. The van der Waals surface area contributed by atoms with Crippen LogP contribution in [0.5, 0.6) is 0 Å². The van der Waals surface area contributed by atoms with Crippen molar-refractivity contribution in [1.82, 2.24) is 25.1 Å². The maximum atomic E-state index is 12.0. The van der Waals surface area contributed by atoms with Crippen LogP contribution in [0.2, 0.25) is 0 Å². The average Bonchev–Trinajstić information content (AvgIpc) is 2.52. The van der Waals surface area contributed by atoms with E-state index in [2.05, 4.69) is 39.6 Å². The Balaban J connectivity index is 1.62. The van der Waals surface area contributed by atoms with Crippen LogP contribution in [0, 0.1) is 0 Å². The molecule has 0 atom stereocenters. The molecule has 21 heavy (non-hydrogen) atoms. The van der Waals surface area contributed by atoms with Crippen LogP contribution in [0.15, 0.2) is 18.5 Å². The number of aromatic nitrogens is 2. The highest BCUT2D eigenvalue weighted by molar-refractivity contribution is 5.74. The van der Waals surface area contributed by atoms with E-state index in [1.165, 1.54) is 0 Å². The molecule has 1 fully saturated rings. The van der Waals surface area contributed by atoms with Gasteiger partial charge in [-0.25, -0.2) is 14.8 Å². The molecule has 1 aliphatic heterocycles. The second-order valence-corrected chi connectivity index (χ2v) is 5.41. The van der Waals surface area contributed by atoms with Crippen LogP contribution in [-0.4, -0.2) is 72.1 Å². The van der Waals surface area contributed by atoms with Crippen molar-refractivity contribution in [3.05, 3.63) is 18.5 Å². The summed E-state index contributed by atoms with van der Waals surface area (Å²) in [4.78, 5) is 24.3. The summed E-state index contributed by atoms with van der Waals surface area (Å²) in [6.07, 6.45) is 5.44. The van der Waals surface area contributed by atoms with Crippen LogP contribution in [0.1, 0.15) is 12.8 Å². The van der Waals surface area contributed by atoms with E-state index in [4.69, 9.17) is 0 Å². The molecule has 2 heterocycles. The van der Waals surface area contributed by atoms with E-state index in [-0.39, 0.29) is 6.03 Å². The average molecular weight is 292 g/mol. The zero-order valence-corrected chi connectivity index (χ0v) is 12.7. The van der Waals surface area contributed by atoms with Gasteiger partial charge in [0, 0.05) is 44.6 Å². The minimum atomic E-state index is 0.0167. The Morgan fingerprint density at radius 1 is 1.29 bits per heavy atom. The largest absolute Gasteiger partial charge is 0.352 e. The molecule has 1 aromatic rings. The summed E-state index contributed by atoms with van der Waals surface area (Å²) in [5, 5.41) is 5.98. The molecule has 1 aromatic heterocycles. The third-order valence-corrected chi connectivity index (χ3v) is 3.73. The fourth-order valence-corrected chi connectivity index (χ4v) is 2.43. The minimum absolute atomic E-state index is 0.0167. The molecule has 1 aliphatic rings. The molecule has 7 heteroatoms. The molecule has 0 saturated carbocycles. The molecular weight excluding hydrogens is 268 g/mol. The lowest BCUT2D eigenvalue weighted by Crippen LogP contribution is -2.48. The smallest absolute Gasteiger partial charge is 0.317 e. The first-order valence-electron chi connectivity index (χ1n) is 7.37. The third kappa shape index (κ3) is 4.86. The summed E-state index contributed by atoms with van der Waals surface area (Å²) in [6.45, 7) is 2.82. The van der Waals surface area contributed by atoms with Crippen molar-refractivity contribution in [2.75, 3.05) is 45.6 Å². The summed E-state index contributed by atoms with van der Waals surface area (Å²) in [7, 11) is 4.19. The molecule has 0 unspecified atom stereocenters. The maximum Gasteiger partial charge on any atom is 0.317 e. The Kier molecular flexibility index (Phi) is 5.74. The van der Waals surface area contributed by atoms with E-state index in [1.807, 2.05) is 4.90 Å². The first-order valence-corrected chi connectivity index (χ1v) is 7.37. The topological polar surface area (TPSA) is 73.4 Å². The van der Waals surface area contributed by atoms with Crippen LogP contribution < -0.4 is 10.6 Å². The van der Waals surface area contributed by atoms with Crippen LogP contribution >= 0.6 is 0 Å². The number of likely N-dealkylation sites (tertiary alicyclic amines) is 1. The highest BCUT2D eigenvalue weighted by atomic mass is 16.2. The van der Waals surface area contributed by atoms with Gasteiger partial charge >= 0.3 is 6.03 Å². The molecular formula is C14H24N6O. The zero-order chi connectivity index (χ0) is 15.1. The standard InChI is InChI=1S/C14H24N6O/c1-19(2)12-4-10-20(11-5-12)14(21)18-9-8-17-13-15-6-3-7-16-13/h3,6-7,12H,4-5,8-11H2,1-2H3,(H,18,21)(H,15,16,17). The number of hydrogen-bond acceptors (Lipinski definition) is 5. The maximum absolute atomic E-state index is 12.0. The van der Waals surface area contributed by atoms with Crippen molar-refractivity contribution in [3.63, 3.8) is 0 Å². The highest BCUT2D eigenvalue weighted by Crippen LogP contribution is 2.13. The first kappa shape index (κ1) is 15.5. The number of piperidine rings is 1. The van der Waals surface area contributed by atoms with E-state index < -0.39 is 0 Å². The monoisotopic (exact) mass is 292 g/mol. The fourth-order valence-electron chi connectivity index (χ4n) is 2.43.